The first-order valence-electron chi connectivity index (χ1n) is 4.26. The number of aliphatic hydroxyl groups excluding tert-OH is 1. The average molecular weight is 197 g/mol. The van der Waals surface area contributed by atoms with Gasteiger partial charge in [-0.1, -0.05) is 0 Å². The summed E-state index contributed by atoms with van der Waals surface area (Å²) in [5.41, 5.74) is 7.72. The van der Waals surface area contributed by atoms with E-state index in [-0.39, 0.29) is 6.61 Å². The van der Waals surface area contributed by atoms with Crippen LogP contribution in [0.15, 0.2) is 6.07 Å². The van der Waals surface area contributed by atoms with Crippen LogP contribution < -0.4 is 15.2 Å². The summed E-state index contributed by atoms with van der Waals surface area (Å²) in [6.45, 7) is 1.74. The van der Waals surface area contributed by atoms with Gasteiger partial charge < -0.3 is 20.3 Å². The number of nitrogens with two attached hydrogens (primary N) is 1. The van der Waals surface area contributed by atoms with E-state index >= 15 is 0 Å². The molecule has 3 N–H and O–H groups in total. The van der Waals surface area contributed by atoms with Crippen molar-refractivity contribution in [3.05, 3.63) is 17.2 Å². The molecule has 4 heteroatoms. The maximum absolute atomic E-state index is 9.09. The van der Waals surface area contributed by atoms with Gasteiger partial charge in [0.25, 0.3) is 0 Å². The number of aliphatic hydroxyl groups is 1. The molecular formula is C10H15NO3. The smallest absolute Gasteiger partial charge is 0.148 e. The molecule has 0 unspecified atom stereocenters. The van der Waals surface area contributed by atoms with Crippen molar-refractivity contribution >= 4 is 5.69 Å². The molecule has 0 aliphatic carbocycles. The zero-order valence-electron chi connectivity index (χ0n) is 8.63. The predicted molar refractivity (Wildman–Crippen MR) is 54.6 cm³/mol. The van der Waals surface area contributed by atoms with Crippen molar-refractivity contribution in [1.82, 2.24) is 0 Å². The van der Waals surface area contributed by atoms with E-state index in [1.165, 1.54) is 0 Å². The molecule has 0 fully saturated rings. The zero-order valence-corrected chi connectivity index (χ0v) is 8.63. The summed E-state index contributed by atoms with van der Waals surface area (Å²) in [5, 5.41) is 9.09. The Kier molecular flexibility index (Phi) is 3.19. The van der Waals surface area contributed by atoms with Gasteiger partial charge in [0, 0.05) is 11.1 Å². The number of hydrogen-bond donors (Lipinski definition) is 2. The Morgan fingerprint density at radius 2 is 1.86 bits per heavy atom. The van der Waals surface area contributed by atoms with Gasteiger partial charge in [-0.15, -0.1) is 0 Å². The van der Waals surface area contributed by atoms with Crippen LogP contribution >= 0.6 is 0 Å². The van der Waals surface area contributed by atoms with Gasteiger partial charge >= 0.3 is 0 Å². The second kappa shape index (κ2) is 4.19. The normalized spacial score (nSPS) is 10.0. The van der Waals surface area contributed by atoms with Crippen molar-refractivity contribution in [2.45, 2.75) is 13.5 Å². The van der Waals surface area contributed by atoms with Crippen LogP contribution in [-0.2, 0) is 6.61 Å². The Hall–Kier alpha value is -1.42. The molecule has 0 aliphatic heterocycles. The van der Waals surface area contributed by atoms with Crippen LogP contribution in [0.25, 0.3) is 0 Å². The lowest BCUT2D eigenvalue weighted by Gasteiger charge is -2.15. The van der Waals surface area contributed by atoms with Crippen molar-refractivity contribution in [2.75, 3.05) is 20.0 Å². The fourth-order valence-corrected chi connectivity index (χ4v) is 1.55. The summed E-state index contributed by atoms with van der Waals surface area (Å²) >= 11 is 0. The van der Waals surface area contributed by atoms with E-state index in [1.807, 2.05) is 6.92 Å². The standard InChI is InChI=1S/C10H15NO3/c1-6-9(13-2)7(5-12)4-8(11)10(6)14-3/h4,12H,5,11H2,1-3H3. The molecular weight excluding hydrogens is 182 g/mol. The largest absolute Gasteiger partial charge is 0.496 e. The summed E-state index contributed by atoms with van der Waals surface area (Å²) in [6.07, 6.45) is 0. The third kappa shape index (κ3) is 1.61. The predicted octanol–water partition coefficient (Wildman–Crippen LogP) is 1.09. The van der Waals surface area contributed by atoms with E-state index in [2.05, 4.69) is 0 Å². The number of anilines is 1. The number of rotatable bonds is 3. The van der Waals surface area contributed by atoms with Gasteiger partial charge in [-0.2, -0.15) is 0 Å². The molecule has 14 heavy (non-hydrogen) atoms. The van der Waals surface area contributed by atoms with Crippen LogP contribution in [-0.4, -0.2) is 19.3 Å². The molecule has 0 saturated heterocycles. The number of ether oxygens (including phenoxy) is 2. The number of nitrogen functional groups attached to an aromatic ring is 1. The zero-order chi connectivity index (χ0) is 10.7. The summed E-state index contributed by atoms with van der Waals surface area (Å²) < 4.78 is 10.3. The van der Waals surface area contributed by atoms with Crippen molar-refractivity contribution in [3.63, 3.8) is 0 Å². The Morgan fingerprint density at radius 1 is 1.29 bits per heavy atom. The Balaban J connectivity index is 3.39. The molecule has 0 bridgehead atoms. The van der Waals surface area contributed by atoms with Gasteiger partial charge in [0.15, 0.2) is 0 Å². The van der Waals surface area contributed by atoms with E-state index in [0.29, 0.717) is 22.7 Å². The molecule has 1 aromatic rings. The quantitative estimate of drug-likeness (QED) is 0.712. The first kappa shape index (κ1) is 10.7. The van der Waals surface area contributed by atoms with Crippen LogP contribution in [0.4, 0.5) is 5.69 Å². The monoisotopic (exact) mass is 197 g/mol. The fraction of sp³-hybridized carbons (Fsp3) is 0.400. The van der Waals surface area contributed by atoms with Crippen LogP contribution in [0.2, 0.25) is 0 Å². The summed E-state index contributed by atoms with van der Waals surface area (Å²) in [7, 11) is 3.11. The highest BCUT2D eigenvalue weighted by molar-refractivity contribution is 5.64. The first-order valence-corrected chi connectivity index (χ1v) is 4.26. The second-order valence-corrected chi connectivity index (χ2v) is 2.97. The van der Waals surface area contributed by atoms with Gasteiger partial charge in [-0.25, -0.2) is 0 Å². The van der Waals surface area contributed by atoms with E-state index < -0.39 is 0 Å². The maximum atomic E-state index is 9.09. The highest BCUT2D eigenvalue weighted by atomic mass is 16.5. The average Bonchev–Trinajstić information content (AvgIpc) is 2.17. The molecule has 0 aromatic heterocycles. The third-order valence-corrected chi connectivity index (χ3v) is 2.14. The molecule has 0 aliphatic rings. The van der Waals surface area contributed by atoms with E-state index in [1.54, 1.807) is 20.3 Å². The molecule has 0 heterocycles. The summed E-state index contributed by atoms with van der Waals surface area (Å²) in [5.74, 6) is 1.22. The van der Waals surface area contributed by atoms with E-state index in [0.717, 1.165) is 5.56 Å². The summed E-state index contributed by atoms with van der Waals surface area (Å²) in [4.78, 5) is 0. The lowest BCUT2D eigenvalue weighted by atomic mass is 10.1. The number of benzene rings is 1. The maximum Gasteiger partial charge on any atom is 0.148 e. The fourth-order valence-electron chi connectivity index (χ4n) is 1.55. The summed E-state index contributed by atoms with van der Waals surface area (Å²) in [6, 6.07) is 1.66. The van der Waals surface area contributed by atoms with E-state index in [9.17, 15) is 0 Å². The van der Waals surface area contributed by atoms with Crippen LogP contribution in [0.5, 0.6) is 11.5 Å². The Labute approximate surface area is 83.3 Å². The molecule has 0 spiro atoms. The van der Waals surface area contributed by atoms with Gasteiger partial charge in [0.05, 0.1) is 26.5 Å². The van der Waals surface area contributed by atoms with Crippen molar-refractivity contribution in [2.24, 2.45) is 0 Å². The molecule has 1 aromatic carbocycles. The van der Waals surface area contributed by atoms with Crippen molar-refractivity contribution < 1.29 is 14.6 Å². The highest BCUT2D eigenvalue weighted by Crippen LogP contribution is 2.36. The molecule has 1 rings (SSSR count). The Morgan fingerprint density at radius 3 is 2.29 bits per heavy atom. The van der Waals surface area contributed by atoms with Gasteiger partial charge in [-0.05, 0) is 13.0 Å². The molecule has 0 atom stereocenters. The van der Waals surface area contributed by atoms with Crippen LogP contribution in [0, 0.1) is 6.92 Å². The third-order valence-electron chi connectivity index (χ3n) is 2.14. The molecule has 0 saturated carbocycles. The minimum atomic E-state index is -0.0990. The molecule has 0 radical (unpaired) electrons. The van der Waals surface area contributed by atoms with Crippen molar-refractivity contribution in [3.8, 4) is 11.5 Å². The SMILES string of the molecule is COc1c(N)cc(CO)c(OC)c1C. The number of hydrogen-bond acceptors (Lipinski definition) is 4. The van der Waals surface area contributed by atoms with Crippen LogP contribution in [0.3, 0.4) is 0 Å². The van der Waals surface area contributed by atoms with Gasteiger partial charge in [0.2, 0.25) is 0 Å². The molecule has 78 valence electrons. The van der Waals surface area contributed by atoms with Gasteiger partial charge in [0.1, 0.15) is 11.5 Å². The molecule has 4 nitrogen and oxygen atoms in total. The van der Waals surface area contributed by atoms with Crippen LogP contribution in [0.1, 0.15) is 11.1 Å². The molecule has 0 amide bonds. The second-order valence-electron chi connectivity index (χ2n) is 2.97. The minimum absolute atomic E-state index is 0.0990. The number of methoxy groups -OCH3 is 2. The lowest BCUT2D eigenvalue weighted by Crippen LogP contribution is -2.01. The lowest BCUT2D eigenvalue weighted by molar-refractivity contribution is 0.273. The topological polar surface area (TPSA) is 64.7 Å². The van der Waals surface area contributed by atoms with Crippen molar-refractivity contribution in [1.29, 1.82) is 0 Å². The van der Waals surface area contributed by atoms with Gasteiger partial charge in [-0.3, -0.25) is 0 Å². The highest BCUT2D eigenvalue weighted by Gasteiger charge is 2.13. The minimum Gasteiger partial charge on any atom is -0.496 e. The first-order chi connectivity index (χ1) is 6.65. The van der Waals surface area contributed by atoms with E-state index in [4.69, 9.17) is 20.3 Å². The Bertz CT molecular complexity index is 337.